The lowest BCUT2D eigenvalue weighted by Gasteiger charge is -2.30. The van der Waals surface area contributed by atoms with E-state index in [1.54, 1.807) is 35.2 Å². The maximum absolute atomic E-state index is 12.9. The maximum Gasteiger partial charge on any atom is 0.272 e. The van der Waals surface area contributed by atoms with Crippen LogP contribution in [0.1, 0.15) is 46.3 Å². The molecule has 0 radical (unpaired) electrons. The van der Waals surface area contributed by atoms with Gasteiger partial charge in [0.15, 0.2) is 0 Å². The molecule has 0 spiro atoms. The standard InChI is InChI=1S/C20H22FN3O2/c1-14-4-3-11-24(13-14)20(26)18-6-2-5-17(23-18)19(25)22-12-15-7-9-16(21)10-8-15/h2,5-10,14H,3-4,11-13H2,1H3,(H,22,25). The molecule has 1 aliphatic rings. The van der Waals surface area contributed by atoms with Crippen molar-refractivity contribution >= 4 is 11.8 Å². The zero-order valence-corrected chi connectivity index (χ0v) is 14.7. The molecule has 0 saturated carbocycles. The summed E-state index contributed by atoms with van der Waals surface area (Å²) < 4.78 is 12.9. The van der Waals surface area contributed by atoms with E-state index in [1.807, 2.05) is 0 Å². The fourth-order valence-corrected chi connectivity index (χ4v) is 3.09. The Kier molecular flexibility index (Phi) is 5.61. The number of likely N-dealkylation sites (tertiary alicyclic amines) is 1. The first-order valence-corrected chi connectivity index (χ1v) is 8.82. The van der Waals surface area contributed by atoms with Crippen LogP contribution in [0.5, 0.6) is 0 Å². The topological polar surface area (TPSA) is 62.3 Å². The van der Waals surface area contributed by atoms with E-state index in [9.17, 15) is 14.0 Å². The van der Waals surface area contributed by atoms with E-state index in [4.69, 9.17) is 0 Å². The van der Waals surface area contributed by atoms with Crippen LogP contribution in [0.4, 0.5) is 4.39 Å². The van der Waals surface area contributed by atoms with Crippen molar-refractivity contribution in [2.24, 2.45) is 5.92 Å². The van der Waals surface area contributed by atoms with Gasteiger partial charge in [-0.25, -0.2) is 9.37 Å². The van der Waals surface area contributed by atoms with Gasteiger partial charge < -0.3 is 10.2 Å². The number of rotatable bonds is 4. The number of nitrogens with one attached hydrogen (secondary N) is 1. The smallest absolute Gasteiger partial charge is 0.272 e. The molecular formula is C20H22FN3O2. The van der Waals surface area contributed by atoms with E-state index in [0.717, 1.165) is 31.5 Å². The van der Waals surface area contributed by atoms with Gasteiger partial charge in [0.25, 0.3) is 11.8 Å². The van der Waals surface area contributed by atoms with Crippen molar-refractivity contribution in [2.45, 2.75) is 26.3 Å². The number of carbonyl (C=O) groups excluding carboxylic acids is 2. The minimum Gasteiger partial charge on any atom is -0.347 e. The molecule has 1 fully saturated rings. The highest BCUT2D eigenvalue weighted by Gasteiger charge is 2.23. The second-order valence-corrected chi connectivity index (χ2v) is 6.72. The van der Waals surface area contributed by atoms with Crippen LogP contribution in [0.3, 0.4) is 0 Å². The van der Waals surface area contributed by atoms with Crippen LogP contribution in [0, 0.1) is 11.7 Å². The lowest BCUT2D eigenvalue weighted by Crippen LogP contribution is -2.39. The van der Waals surface area contributed by atoms with E-state index in [2.05, 4.69) is 17.2 Å². The third-order valence-electron chi connectivity index (χ3n) is 4.51. The zero-order valence-electron chi connectivity index (χ0n) is 14.7. The number of halogens is 1. The highest BCUT2D eigenvalue weighted by Crippen LogP contribution is 2.17. The van der Waals surface area contributed by atoms with Crippen LogP contribution in [0.15, 0.2) is 42.5 Å². The van der Waals surface area contributed by atoms with Crippen molar-refractivity contribution in [3.05, 3.63) is 65.2 Å². The summed E-state index contributed by atoms with van der Waals surface area (Å²) in [7, 11) is 0. The molecule has 2 heterocycles. The molecule has 2 aromatic rings. The summed E-state index contributed by atoms with van der Waals surface area (Å²) in [6.45, 7) is 3.85. The van der Waals surface area contributed by atoms with E-state index in [-0.39, 0.29) is 35.6 Å². The van der Waals surface area contributed by atoms with Gasteiger partial charge in [-0.3, -0.25) is 9.59 Å². The van der Waals surface area contributed by atoms with Crippen molar-refractivity contribution in [1.29, 1.82) is 0 Å². The average molecular weight is 355 g/mol. The molecule has 6 heteroatoms. The zero-order chi connectivity index (χ0) is 18.5. The molecule has 0 bridgehead atoms. The van der Waals surface area contributed by atoms with Gasteiger partial charge in [-0.15, -0.1) is 0 Å². The van der Waals surface area contributed by atoms with Gasteiger partial charge in [0.2, 0.25) is 0 Å². The van der Waals surface area contributed by atoms with Crippen LogP contribution in [-0.4, -0.2) is 34.8 Å². The van der Waals surface area contributed by atoms with Crippen LogP contribution < -0.4 is 5.32 Å². The van der Waals surface area contributed by atoms with Gasteiger partial charge in [0.1, 0.15) is 17.2 Å². The second-order valence-electron chi connectivity index (χ2n) is 6.72. The van der Waals surface area contributed by atoms with E-state index in [0.29, 0.717) is 5.92 Å². The highest BCUT2D eigenvalue weighted by atomic mass is 19.1. The first-order valence-electron chi connectivity index (χ1n) is 8.82. The van der Waals surface area contributed by atoms with Gasteiger partial charge in [-0.2, -0.15) is 0 Å². The van der Waals surface area contributed by atoms with Gasteiger partial charge in [0.05, 0.1) is 0 Å². The first kappa shape index (κ1) is 18.0. The van der Waals surface area contributed by atoms with Gasteiger partial charge in [-0.1, -0.05) is 25.1 Å². The molecule has 1 aliphatic heterocycles. The summed E-state index contributed by atoms with van der Waals surface area (Å²) >= 11 is 0. The van der Waals surface area contributed by atoms with Gasteiger partial charge in [-0.05, 0) is 48.6 Å². The fourth-order valence-electron chi connectivity index (χ4n) is 3.09. The number of piperidine rings is 1. The molecule has 1 aromatic carbocycles. The third-order valence-corrected chi connectivity index (χ3v) is 4.51. The van der Waals surface area contributed by atoms with Gasteiger partial charge in [0, 0.05) is 19.6 Å². The second kappa shape index (κ2) is 8.08. The highest BCUT2D eigenvalue weighted by molar-refractivity contribution is 5.96. The van der Waals surface area contributed by atoms with E-state index >= 15 is 0 Å². The molecule has 1 atom stereocenters. The number of nitrogens with zero attached hydrogens (tertiary/aromatic N) is 2. The Balaban J connectivity index is 1.65. The predicted octanol–water partition coefficient (Wildman–Crippen LogP) is 3.02. The molecule has 0 aliphatic carbocycles. The number of hydrogen-bond donors (Lipinski definition) is 1. The Hall–Kier alpha value is -2.76. The SMILES string of the molecule is CC1CCCN(C(=O)c2cccc(C(=O)NCc3ccc(F)cc3)n2)C1. The number of amides is 2. The quantitative estimate of drug-likeness (QED) is 0.917. The van der Waals surface area contributed by atoms with Crippen molar-refractivity contribution in [2.75, 3.05) is 13.1 Å². The predicted molar refractivity (Wildman–Crippen MR) is 96.1 cm³/mol. The Labute approximate surface area is 152 Å². The number of carbonyl (C=O) groups is 2. The van der Waals surface area contributed by atoms with E-state index < -0.39 is 0 Å². The largest absolute Gasteiger partial charge is 0.347 e. The van der Waals surface area contributed by atoms with Gasteiger partial charge >= 0.3 is 0 Å². The number of benzene rings is 1. The lowest BCUT2D eigenvalue weighted by atomic mass is 10.00. The maximum atomic E-state index is 12.9. The summed E-state index contributed by atoms with van der Waals surface area (Å²) in [4.78, 5) is 31.0. The van der Waals surface area contributed by atoms with Crippen LogP contribution in [0.2, 0.25) is 0 Å². The summed E-state index contributed by atoms with van der Waals surface area (Å²) in [5, 5.41) is 2.74. The summed E-state index contributed by atoms with van der Waals surface area (Å²) in [5.74, 6) is -0.337. The summed E-state index contributed by atoms with van der Waals surface area (Å²) in [5.41, 5.74) is 1.27. The lowest BCUT2D eigenvalue weighted by molar-refractivity contribution is 0.0677. The summed E-state index contributed by atoms with van der Waals surface area (Å²) in [6, 6.07) is 10.8. The van der Waals surface area contributed by atoms with Crippen LogP contribution in [-0.2, 0) is 6.54 Å². The monoisotopic (exact) mass is 355 g/mol. The Bertz CT molecular complexity index is 792. The Morgan fingerprint density at radius 3 is 2.65 bits per heavy atom. The van der Waals surface area contributed by atoms with Crippen molar-refractivity contribution in [3.8, 4) is 0 Å². The average Bonchev–Trinajstić information content (AvgIpc) is 2.67. The molecule has 1 unspecified atom stereocenters. The number of pyridine rings is 1. The number of aromatic nitrogens is 1. The Morgan fingerprint density at radius 2 is 1.92 bits per heavy atom. The first-order chi connectivity index (χ1) is 12.5. The summed E-state index contributed by atoms with van der Waals surface area (Å²) in [6.07, 6.45) is 2.12. The van der Waals surface area contributed by atoms with E-state index in [1.165, 1.54) is 12.1 Å². The molecule has 3 rings (SSSR count). The van der Waals surface area contributed by atoms with Crippen molar-refractivity contribution in [3.63, 3.8) is 0 Å². The number of hydrogen-bond acceptors (Lipinski definition) is 3. The van der Waals surface area contributed by atoms with Crippen LogP contribution in [0.25, 0.3) is 0 Å². The Morgan fingerprint density at radius 1 is 1.19 bits per heavy atom. The molecule has 5 nitrogen and oxygen atoms in total. The molecular weight excluding hydrogens is 333 g/mol. The molecule has 2 amide bonds. The molecule has 1 N–H and O–H groups in total. The molecule has 26 heavy (non-hydrogen) atoms. The molecule has 1 saturated heterocycles. The fraction of sp³-hybridized carbons (Fsp3) is 0.350. The van der Waals surface area contributed by atoms with Crippen LogP contribution >= 0.6 is 0 Å². The third kappa shape index (κ3) is 4.45. The minimum atomic E-state index is -0.365. The van der Waals surface area contributed by atoms with Crippen molar-refractivity contribution < 1.29 is 14.0 Å². The normalized spacial score (nSPS) is 17.0. The van der Waals surface area contributed by atoms with Crippen molar-refractivity contribution in [1.82, 2.24) is 15.2 Å². The minimum absolute atomic E-state index is 0.135. The molecule has 136 valence electrons. The molecule has 1 aromatic heterocycles.